The first-order valence-electron chi connectivity index (χ1n) is 7.14. The van der Waals surface area contributed by atoms with Crippen molar-refractivity contribution in [3.63, 3.8) is 0 Å². The quantitative estimate of drug-likeness (QED) is 0.920. The van der Waals surface area contributed by atoms with Gasteiger partial charge in [-0.2, -0.15) is 0 Å². The van der Waals surface area contributed by atoms with E-state index in [0.29, 0.717) is 12.5 Å². The highest BCUT2D eigenvalue weighted by atomic mass is 32.1. The van der Waals surface area contributed by atoms with Crippen LogP contribution in [0.25, 0.3) is 0 Å². The Morgan fingerprint density at radius 2 is 2.00 bits per heavy atom. The Bertz CT molecular complexity index is 406. The summed E-state index contributed by atoms with van der Waals surface area (Å²) in [5, 5.41) is 1.17. The van der Waals surface area contributed by atoms with Gasteiger partial charge in [-0.15, -0.1) is 11.3 Å². The van der Waals surface area contributed by atoms with E-state index in [1.54, 1.807) is 11.3 Å². The van der Waals surface area contributed by atoms with Crippen molar-refractivity contribution < 1.29 is 0 Å². The van der Waals surface area contributed by atoms with E-state index in [0.717, 1.165) is 19.1 Å². The van der Waals surface area contributed by atoms with Crippen LogP contribution in [-0.4, -0.2) is 43.1 Å². The van der Waals surface area contributed by atoms with Crippen molar-refractivity contribution in [3.05, 3.63) is 10.6 Å². The van der Waals surface area contributed by atoms with E-state index in [9.17, 15) is 0 Å². The molecule has 2 N–H and O–H groups in total. The number of hydrogen-bond acceptors (Lipinski definition) is 5. The van der Waals surface area contributed by atoms with Crippen molar-refractivity contribution in [2.24, 2.45) is 5.73 Å². The molecule has 0 atom stereocenters. The third-order valence-electron chi connectivity index (χ3n) is 3.91. The second-order valence-corrected chi connectivity index (χ2v) is 6.91. The molecule has 0 spiro atoms. The minimum absolute atomic E-state index is 0.461. The lowest BCUT2D eigenvalue weighted by molar-refractivity contribution is 0.249. The molecule has 1 saturated heterocycles. The molecule has 4 nitrogen and oxygen atoms in total. The summed E-state index contributed by atoms with van der Waals surface area (Å²) < 4.78 is 0. The molecule has 0 saturated carbocycles. The number of hydrogen-bond donors (Lipinski definition) is 1. The number of nitrogens with zero attached hydrogens (tertiary/aromatic N) is 3. The van der Waals surface area contributed by atoms with Crippen molar-refractivity contribution in [2.75, 3.05) is 32.1 Å². The summed E-state index contributed by atoms with van der Waals surface area (Å²) in [5.74, 6) is 0.461. The molecule has 2 rings (SSSR count). The number of rotatable bonds is 4. The minimum atomic E-state index is 0.461. The molecular weight excluding hydrogens is 256 g/mol. The fraction of sp³-hybridized carbons (Fsp3) is 0.786. The summed E-state index contributed by atoms with van der Waals surface area (Å²) in [6, 6.07) is 0.717. The molecule has 0 amide bonds. The highest BCUT2D eigenvalue weighted by molar-refractivity contribution is 7.15. The molecular formula is C14H26N4S. The molecule has 1 aliphatic rings. The van der Waals surface area contributed by atoms with Crippen molar-refractivity contribution >= 4 is 16.5 Å². The first-order chi connectivity index (χ1) is 9.02. The molecule has 5 heteroatoms. The Hall–Kier alpha value is -0.650. The molecule has 1 aromatic heterocycles. The zero-order valence-corrected chi connectivity index (χ0v) is 13.3. The van der Waals surface area contributed by atoms with Crippen molar-refractivity contribution in [1.82, 2.24) is 9.88 Å². The second kappa shape index (κ2) is 6.20. The Morgan fingerprint density at radius 3 is 2.42 bits per heavy atom. The van der Waals surface area contributed by atoms with Gasteiger partial charge in [-0.05, 0) is 32.9 Å². The average molecular weight is 282 g/mol. The van der Waals surface area contributed by atoms with E-state index in [1.165, 1.54) is 28.5 Å². The first-order valence-corrected chi connectivity index (χ1v) is 7.95. The lowest BCUT2D eigenvalue weighted by atomic mass is 10.0. The second-order valence-electron chi connectivity index (χ2n) is 5.85. The molecule has 1 aliphatic heterocycles. The summed E-state index contributed by atoms with van der Waals surface area (Å²) in [6.45, 7) is 7.21. The van der Waals surface area contributed by atoms with Crippen molar-refractivity contribution in [1.29, 1.82) is 0 Å². The smallest absolute Gasteiger partial charge is 0.185 e. The van der Waals surface area contributed by atoms with E-state index >= 15 is 0 Å². The summed E-state index contributed by atoms with van der Waals surface area (Å²) in [4.78, 5) is 10.8. The predicted octanol–water partition coefficient (Wildman–Crippen LogP) is 2.26. The Labute approximate surface area is 120 Å². The van der Waals surface area contributed by atoms with Gasteiger partial charge in [-0.3, -0.25) is 0 Å². The fourth-order valence-corrected chi connectivity index (χ4v) is 3.80. The zero-order valence-electron chi connectivity index (χ0n) is 12.5. The van der Waals surface area contributed by atoms with Crippen LogP contribution in [-0.2, 0) is 6.54 Å². The molecule has 0 aromatic carbocycles. The maximum Gasteiger partial charge on any atom is 0.185 e. The van der Waals surface area contributed by atoms with E-state index in [1.807, 2.05) is 0 Å². The van der Waals surface area contributed by atoms with Gasteiger partial charge in [0.1, 0.15) is 0 Å². The van der Waals surface area contributed by atoms with Gasteiger partial charge in [0.2, 0.25) is 0 Å². The Balaban J connectivity index is 2.07. The molecule has 0 radical (unpaired) electrons. The van der Waals surface area contributed by atoms with Crippen LogP contribution >= 0.6 is 11.3 Å². The van der Waals surface area contributed by atoms with E-state index < -0.39 is 0 Å². The largest absolute Gasteiger partial charge is 0.348 e. The molecule has 0 unspecified atom stereocenters. The lowest BCUT2D eigenvalue weighted by Gasteiger charge is -2.35. The van der Waals surface area contributed by atoms with Crippen LogP contribution in [0.15, 0.2) is 0 Å². The van der Waals surface area contributed by atoms with E-state index in [2.05, 4.69) is 37.7 Å². The van der Waals surface area contributed by atoms with Crippen LogP contribution in [0.5, 0.6) is 0 Å². The van der Waals surface area contributed by atoms with Gasteiger partial charge in [0, 0.05) is 30.6 Å². The summed E-state index contributed by atoms with van der Waals surface area (Å²) in [7, 11) is 4.35. The summed E-state index contributed by atoms with van der Waals surface area (Å²) in [5.41, 5.74) is 7.03. The molecule has 19 heavy (non-hydrogen) atoms. The van der Waals surface area contributed by atoms with Crippen LogP contribution in [0.1, 0.15) is 43.2 Å². The number of nitrogens with two attached hydrogens (primary N) is 1. The lowest BCUT2D eigenvalue weighted by Crippen LogP contribution is -2.41. The molecule has 0 bridgehead atoms. The van der Waals surface area contributed by atoms with Gasteiger partial charge in [-0.1, -0.05) is 13.8 Å². The normalized spacial score (nSPS) is 17.7. The third kappa shape index (κ3) is 3.27. The zero-order chi connectivity index (χ0) is 14.0. The highest BCUT2D eigenvalue weighted by Crippen LogP contribution is 2.32. The minimum Gasteiger partial charge on any atom is -0.348 e. The number of anilines is 1. The number of aromatic nitrogens is 1. The van der Waals surface area contributed by atoms with Gasteiger partial charge in [0.25, 0.3) is 0 Å². The van der Waals surface area contributed by atoms with Crippen LogP contribution < -0.4 is 10.6 Å². The SMILES string of the molecule is CC(C)c1nc(N2CCC(N(C)C)CC2)sc1CN. The maximum atomic E-state index is 5.84. The van der Waals surface area contributed by atoms with Gasteiger partial charge >= 0.3 is 0 Å². The standard InChI is InChI=1S/C14H26N4S/c1-10(2)13-12(9-15)19-14(16-13)18-7-5-11(6-8-18)17(3)4/h10-11H,5-9,15H2,1-4H3. The Morgan fingerprint density at radius 1 is 1.37 bits per heavy atom. The monoisotopic (exact) mass is 282 g/mol. The summed E-state index contributed by atoms with van der Waals surface area (Å²) >= 11 is 1.78. The molecule has 0 aliphatic carbocycles. The Kier molecular flexibility index (Phi) is 4.81. The first kappa shape index (κ1) is 14.8. The summed E-state index contributed by atoms with van der Waals surface area (Å²) in [6.07, 6.45) is 2.45. The van der Waals surface area contributed by atoms with Crippen LogP contribution in [0.2, 0.25) is 0 Å². The van der Waals surface area contributed by atoms with Gasteiger partial charge in [-0.25, -0.2) is 4.98 Å². The molecule has 2 heterocycles. The fourth-order valence-electron chi connectivity index (χ4n) is 2.66. The molecule has 108 valence electrons. The van der Waals surface area contributed by atoms with Crippen molar-refractivity contribution in [2.45, 2.75) is 45.2 Å². The number of piperidine rings is 1. The predicted molar refractivity (Wildman–Crippen MR) is 83.0 cm³/mol. The van der Waals surface area contributed by atoms with Gasteiger partial charge < -0.3 is 15.5 Å². The number of thiazole rings is 1. The third-order valence-corrected chi connectivity index (χ3v) is 5.07. The van der Waals surface area contributed by atoms with E-state index in [-0.39, 0.29) is 0 Å². The van der Waals surface area contributed by atoms with Gasteiger partial charge in [0.05, 0.1) is 5.69 Å². The van der Waals surface area contributed by atoms with Crippen molar-refractivity contribution in [3.8, 4) is 0 Å². The highest BCUT2D eigenvalue weighted by Gasteiger charge is 2.24. The van der Waals surface area contributed by atoms with E-state index in [4.69, 9.17) is 10.7 Å². The van der Waals surface area contributed by atoms with Gasteiger partial charge in [0.15, 0.2) is 5.13 Å². The maximum absolute atomic E-state index is 5.84. The van der Waals surface area contributed by atoms with Crippen LogP contribution in [0.3, 0.4) is 0 Å². The average Bonchev–Trinajstić information content (AvgIpc) is 2.83. The van der Waals surface area contributed by atoms with Crippen LogP contribution in [0, 0.1) is 0 Å². The molecule has 1 aromatic rings. The molecule has 1 fully saturated rings. The topological polar surface area (TPSA) is 45.4 Å². The van der Waals surface area contributed by atoms with Crippen LogP contribution in [0.4, 0.5) is 5.13 Å².